The van der Waals surface area contributed by atoms with E-state index in [2.05, 4.69) is 16.9 Å². The molecule has 0 saturated carbocycles. The molecule has 1 heterocycles. The van der Waals surface area contributed by atoms with E-state index in [4.69, 9.17) is 0 Å². The number of fused-ring (bicyclic) bond motifs is 1. The van der Waals surface area contributed by atoms with Crippen molar-refractivity contribution in [3.63, 3.8) is 0 Å². The maximum Gasteiger partial charge on any atom is 0.279 e. The number of hydrogen-bond acceptors (Lipinski definition) is 3. The van der Waals surface area contributed by atoms with Gasteiger partial charge in [-0.25, -0.2) is 0 Å². The summed E-state index contributed by atoms with van der Waals surface area (Å²) in [5.74, 6) is 0.0658. The van der Waals surface area contributed by atoms with E-state index in [1.807, 2.05) is 12.1 Å². The number of nitrogens with zero attached hydrogens (tertiary/aromatic N) is 1. The van der Waals surface area contributed by atoms with Crippen molar-refractivity contribution < 1.29 is 13.5 Å². The third kappa shape index (κ3) is 3.29. The van der Waals surface area contributed by atoms with Crippen LogP contribution in [0.2, 0.25) is 0 Å². The molecule has 6 heteroatoms. The van der Waals surface area contributed by atoms with Gasteiger partial charge in [-0.2, -0.15) is 17.4 Å². The summed E-state index contributed by atoms with van der Waals surface area (Å²) >= 11 is 0. The monoisotopic (exact) mass is 310 g/mol. The van der Waals surface area contributed by atoms with Gasteiger partial charge in [0.25, 0.3) is 10.2 Å². The Morgan fingerprint density at radius 1 is 1.24 bits per heavy atom. The van der Waals surface area contributed by atoms with Crippen LogP contribution in [0.25, 0.3) is 0 Å². The van der Waals surface area contributed by atoms with Crippen LogP contribution in [0, 0.1) is 5.92 Å². The summed E-state index contributed by atoms with van der Waals surface area (Å²) < 4.78 is 29.3. The smallest absolute Gasteiger partial charge is 0.279 e. The number of aliphatic hydroxyl groups is 1. The normalized spacial score (nSPS) is 24.1. The molecule has 5 nitrogen and oxygen atoms in total. The van der Waals surface area contributed by atoms with Crippen LogP contribution in [0.4, 0.5) is 0 Å². The highest BCUT2D eigenvalue weighted by Crippen LogP contribution is 2.23. The van der Waals surface area contributed by atoms with E-state index in [9.17, 15) is 13.5 Å². The summed E-state index contributed by atoms with van der Waals surface area (Å²) in [7, 11) is -3.46. The van der Waals surface area contributed by atoms with Crippen molar-refractivity contribution in [3.05, 3.63) is 35.4 Å². The zero-order valence-electron chi connectivity index (χ0n) is 12.0. The Morgan fingerprint density at radius 2 is 1.90 bits per heavy atom. The second-order valence-electron chi connectivity index (χ2n) is 6.05. The average Bonchev–Trinajstić information content (AvgIpc) is 2.88. The number of piperidine rings is 1. The molecule has 1 unspecified atom stereocenters. The van der Waals surface area contributed by atoms with Crippen molar-refractivity contribution in [1.82, 2.24) is 9.03 Å². The predicted molar refractivity (Wildman–Crippen MR) is 81.1 cm³/mol. The fourth-order valence-electron chi connectivity index (χ4n) is 3.32. The van der Waals surface area contributed by atoms with E-state index in [1.54, 1.807) is 0 Å². The second kappa shape index (κ2) is 6.04. The van der Waals surface area contributed by atoms with Crippen molar-refractivity contribution >= 4 is 10.2 Å². The molecule has 0 radical (unpaired) electrons. The van der Waals surface area contributed by atoms with Crippen molar-refractivity contribution in [1.29, 1.82) is 0 Å². The van der Waals surface area contributed by atoms with Gasteiger partial charge in [-0.05, 0) is 42.7 Å². The lowest BCUT2D eigenvalue weighted by Crippen LogP contribution is -2.49. The maximum atomic E-state index is 12.5. The molecule has 21 heavy (non-hydrogen) atoms. The Labute approximate surface area is 126 Å². The van der Waals surface area contributed by atoms with Crippen molar-refractivity contribution in [2.75, 3.05) is 19.7 Å². The molecule has 1 aliphatic heterocycles. The van der Waals surface area contributed by atoms with Crippen LogP contribution in [0.3, 0.4) is 0 Å². The average molecular weight is 310 g/mol. The summed E-state index contributed by atoms with van der Waals surface area (Å²) in [6.45, 7) is 1.03. The Bertz CT molecular complexity index is 578. The molecule has 1 saturated heterocycles. The molecule has 0 bridgehead atoms. The van der Waals surface area contributed by atoms with Gasteiger partial charge >= 0.3 is 0 Å². The molecule has 2 aliphatic rings. The molecule has 2 N–H and O–H groups in total. The molecule has 0 spiro atoms. The number of nitrogens with one attached hydrogen (secondary N) is 1. The van der Waals surface area contributed by atoms with E-state index >= 15 is 0 Å². The fraction of sp³-hybridized carbons (Fsp3) is 0.600. The number of aliphatic hydroxyl groups excluding tert-OH is 1. The Hall–Kier alpha value is -0.950. The van der Waals surface area contributed by atoms with Crippen molar-refractivity contribution in [2.45, 2.75) is 31.7 Å². The first kappa shape index (κ1) is 15.0. The fourth-order valence-corrected chi connectivity index (χ4v) is 4.84. The van der Waals surface area contributed by atoms with Crippen LogP contribution in [0.1, 0.15) is 24.0 Å². The molecule has 1 aromatic carbocycles. The highest BCUT2D eigenvalue weighted by atomic mass is 32.2. The van der Waals surface area contributed by atoms with Crippen LogP contribution < -0.4 is 4.72 Å². The summed E-state index contributed by atoms with van der Waals surface area (Å²) in [6.07, 6.45) is 3.23. The van der Waals surface area contributed by atoms with E-state index in [1.165, 1.54) is 15.4 Å². The maximum absolute atomic E-state index is 12.5. The first-order valence-electron chi connectivity index (χ1n) is 7.53. The van der Waals surface area contributed by atoms with Crippen LogP contribution >= 0.6 is 0 Å². The molecule has 1 aromatic rings. The number of benzene rings is 1. The third-order valence-corrected chi connectivity index (χ3v) is 6.09. The summed E-state index contributed by atoms with van der Waals surface area (Å²) in [5, 5.41) is 9.24. The standard InChI is InChI=1S/C15H22N2O3S/c18-11-12-4-3-7-17(10-12)21(19,20)16-15-8-13-5-1-2-6-14(13)9-15/h1-2,5-6,12,15-16,18H,3-4,7-11H2. The zero-order chi connectivity index (χ0) is 14.9. The van der Waals surface area contributed by atoms with E-state index in [-0.39, 0.29) is 18.6 Å². The first-order valence-corrected chi connectivity index (χ1v) is 8.97. The summed E-state index contributed by atoms with van der Waals surface area (Å²) in [4.78, 5) is 0. The van der Waals surface area contributed by atoms with Crippen LogP contribution in [-0.2, 0) is 23.1 Å². The molecular formula is C15H22N2O3S. The summed E-state index contributed by atoms with van der Waals surface area (Å²) in [6, 6.07) is 8.05. The van der Waals surface area contributed by atoms with Crippen LogP contribution in [-0.4, -0.2) is 43.6 Å². The molecule has 116 valence electrons. The lowest BCUT2D eigenvalue weighted by Gasteiger charge is -2.31. The van der Waals surface area contributed by atoms with Gasteiger partial charge in [0.1, 0.15) is 0 Å². The minimum Gasteiger partial charge on any atom is -0.396 e. The van der Waals surface area contributed by atoms with Gasteiger partial charge in [0.2, 0.25) is 0 Å². The van der Waals surface area contributed by atoms with Crippen LogP contribution in [0.15, 0.2) is 24.3 Å². The Balaban J connectivity index is 1.65. The highest BCUT2D eigenvalue weighted by molar-refractivity contribution is 7.87. The summed E-state index contributed by atoms with van der Waals surface area (Å²) in [5.41, 5.74) is 2.47. The third-order valence-electron chi connectivity index (χ3n) is 4.45. The number of hydrogen-bond donors (Lipinski definition) is 2. The van der Waals surface area contributed by atoms with Gasteiger partial charge in [0, 0.05) is 25.7 Å². The zero-order valence-corrected chi connectivity index (χ0v) is 12.8. The molecule has 1 fully saturated rings. The Morgan fingerprint density at radius 3 is 2.52 bits per heavy atom. The van der Waals surface area contributed by atoms with Gasteiger partial charge in [-0.15, -0.1) is 0 Å². The van der Waals surface area contributed by atoms with Crippen LogP contribution in [0.5, 0.6) is 0 Å². The lowest BCUT2D eigenvalue weighted by atomic mass is 10.0. The number of rotatable bonds is 4. The predicted octanol–water partition coefficient (Wildman–Crippen LogP) is 0.692. The highest BCUT2D eigenvalue weighted by Gasteiger charge is 2.32. The molecule has 3 rings (SSSR count). The molecule has 1 atom stereocenters. The molecular weight excluding hydrogens is 288 g/mol. The van der Waals surface area contributed by atoms with E-state index in [0.29, 0.717) is 13.1 Å². The van der Waals surface area contributed by atoms with E-state index in [0.717, 1.165) is 25.7 Å². The van der Waals surface area contributed by atoms with Gasteiger partial charge < -0.3 is 5.11 Å². The first-order chi connectivity index (χ1) is 10.1. The van der Waals surface area contributed by atoms with Gasteiger partial charge in [-0.3, -0.25) is 0 Å². The Kier molecular flexibility index (Phi) is 4.31. The minimum atomic E-state index is -3.46. The van der Waals surface area contributed by atoms with Crippen molar-refractivity contribution in [3.8, 4) is 0 Å². The van der Waals surface area contributed by atoms with Gasteiger partial charge in [0.05, 0.1) is 0 Å². The van der Waals surface area contributed by atoms with E-state index < -0.39 is 10.2 Å². The van der Waals surface area contributed by atoms with Crippen molar-refractivity contribution in [2.24, 2.45) is 5.92 Å². The quantitative estimate of drug-likeness (QED) is 0.860. The topological polar surface area (TPSA) is 69.6 Å². The van der Waals surface area contributed by atoms with Gasteiger partial charge in [-0.1, -0.05) is 24.3 Å². The second-order valence-corrected chi connectivity index (χ2v) is 7.75. The molecule has 1 aliphatic carbocycles. The SMILES string of the molecule is O=S(=O)(NC1Cc2ccccc2C1)N1CCCC(CO)C1. The largest absolute Gasteiger partial charge is 0.396 e. The van der Waals surface area contributed by atoms with Gasteiger partial charge in [0.15, 0.2) is 0 Å². The minimum absolute atomic E-state index is 0.0538. The lowest BCUT2D eigenvalue weighted by molar-refractivity contribution is 0.164. The molecule has 0 aromatic heterocycles. The molecule has 0 amide bonds.